The molecule has 3 amide bonds. The second kappa shape index (κ2) is 16.5. The van der Waals surface area contributed by atoms with Gasteiger partial charge in [-0.15, -0.1) is 0 Å². The molecule has 200 valence electrons. The van der Waals surface area contributed by atoms with Crippen molar-refractivity contribution in [2.24, 2.45) is 0 Å². The number of hydrogen-bond donors (Lipinski definition) is 3. The predicted molar refractivity (Wildman–Crippen MR) is 132 cm³/mol. The van der Waals surface area contributed by atoms with Crippen LogP contribution in [-0.2, 0) is 23.9 Å². The highest BCUT2D eigenvalue weighted by molar-refractivity contribution is 5.93. The van der Waals surface area contributed by atoms with Gasteiger partial charge in [-0.3, -0.25) is 19.2 Å². The number of hydrogen-bond acceptors (Lipinski definition) is 5. The van der Waals surface area contributed by atoms with Crippen LogP contribution in [-0.4, -0.2) is 65.7 Å². The lowest BCUT2D eigenvalue weighted by Crippen LogP contribution is -2.59. The first-order valence-corrected chi connectivity index (χ1v) is 13.6. The van der Waals surface area contributed by atoms with Gasteiger partial charge in [0, 0.05) is 19.9 Å². The highest BCUT2D eigenvalue weighted by Crippen LogP contribution is 2.28. The second-order valence-corrected chi connectivity index (χ2v) is 9.85. The fourth-order valence-electron chi connectivity index (χ4n) is 4.97. The molecule has 2 heterocycles. The summed E-state index contributed by atoms with van der Waals surface area (Å²) >= 11 is 0. The first kappa shape index (κ1) is 29.1. The van der Waals surface area contributed by atoms with E-state index in [0.29, 0.717) is 25.7 Å². The molecule has 3 atom stereocenters. The number of amides is 3. The summed E-state index contributed by atoms with van der Waals surface area (Å²) in [6.07, 6.45) is 16.1. The maximum absolute atomic E-state index is 12.8. The molecule has 2 saturated heterocycles. The van der Waals surface area contributed by atoms with E-state index in [9.17, 15) is 19.2 Å². The minimum atomic E-state index is -0.696. The van der Waals surface area contributed by atoms with Crippen molar-refractivity contribution < 1.29 is 29.0 Å². The van der Waals surface area contributed by atoms with Crippen molar-refractivity contribution in [3.05, 3.63) is 0 Å². The Bertz CT molecular complexity index is 686. The summed E-state index contributed by atoms with van der Waals surface area (Å²) in [5, 5.41) is 14.0. The molecule has 2 aliphatic heterocycles. The zero-order valence-electron chi connectivity index (χ0n) is 21.4. The van der Waals surface area contributed by atoms with Crippen molar-refractivity contribution in [1.29, 1.82) is 0 Å². The monoisotopic (exact) mass is 495 g/mol. The molecular weight excluding hydrogens is 450 g/mol. The molecule has 0 bridgehead atoms. The van der Waals surface area contributed by atoms with Gasteiger partial charge in [0.05, 0.1) is 6.61 Å². The van der Waals surface area contributed by atoms with Crippen molar-refractivity contribution in [2.45, 2.75) is 127 Å². The molecular formula is C26H45N3O6. The fraction of sp³-hybridized carbons (Fsp3) is 0.846. The highest BCUT2D eigenvalue weighted by atomic mass is 16.5. The van der Waals surface area contributed by atoms with E-state index < -0.39 is 18.1 Å². The number of nitrogens with one attached hydrogen (secondary N) is 2. The molecule has 3 N–H and O–H groups in total. The van der Waals surface area contributed by atoms with Gasteiger partial charge in [-0.1, -0.05) is 70.6 Å². The number of ether oxygens (including phenoxy) is 1. The van der Waals surface area contributed by atoms with Crippen molar-refractivity contribution in [1.82, 2.24) is 15.5 Å². The molecule has 9 heteroatoms. The van der Waals surface area contributed by atoms with Gasteiger partial charge in [0.1, 0.15) is 18.3 Å². The molecule has 0 aliphatic carbocycles. The quantitative estimate of drug-likeness (QED) is 0.250. The maximum Gasteiger partial charge on any atom is 0.303 e. The van der Waals surface area contributed by atoms with E-state index in [-0.39, 0.29) is 30.6 Å². The number of unbranched alkanes of at least 4 members (excludes halogenated alkanes) is 12. The summed E-state index contributed by atoms with van der Waals surface area (Å²) in [5.41, 5.74) is 0. The predicted octanol–water partition coefficient (Wildman–Crippen LogP) is 3.50. The van der Waals surface area contributed by atoms with E-state index in [1.54, 1.807) is 7.05 Å². The fourth-order valence-corrected chi connectivity index (χ4v) is 4.97. The summed E-state index contributed by atoms with van der Waals surface area (Å²) in [6.45, 7) is 0.201. The second-order valence-electron chi connectivity index (χ2n) is 9.85. The van der Waals surface area contributed by atoms with Gasteiger partial charge in [-0.2, -0.15) is 0 Å². The Kier molecular flexibility index (Phi) is 13.7. The zero-order valence-corrected chi connectivity index (χ0v) is 21.4. The summed E-state index contributed by atoms with van der Waals surface area (Å²) < 4.78 is 5.59. The standard InChI is InChI=1S/C26H45N3O6/c1-27-25(33)21-19-35-23-18-17-20(26(34)29(21)23)28-22(30)15-13-11-9-7-5-3-2-4-6-8-10-12-14-16-24(31)32/h20-21,23H,2-19H2,1H3,(H,27,33)(H,28,30)(H,31,32)/t20-,21?,23?/m0/s1. The average molecular weight is 496 g/mol. The van der Waals surface area contributed by atoms with Crippen LogP contribution in [0.15, 0.2) is 0 Å². The number of carboxylic acids is 1. The largest absolute Gasteiger partial charge is 0.481 e. The van der Waals surface area contributed by atoms with Crippen LogP contribution >= 0.6 is 0 Å². The summed E-state index contributed by atoms with van der Waals surface area (Å²) in [4.78, 5) is 49.2. The number of fused-ring (bicyclic) bond motifs is 1. The molecule has 0 radical (unpaired) electrons. The Labute approximate surface area is 209 Å². The minimum absolute atomic E-state index is 0.0960. The molecule has 9 nitrogen and oxygen atoms in total. The number of likely N-dealkylation sites (N-methyl/N-ethyl adjacent to an activating group) is 1. The summed E-state index contributed by atoms with van der Waals surface area (Å²) in [5.74, 6) is -1.25. The van der Waals surface area contributed by atoms with Gasteiger partial charge in [0.25, 0.3) is 0 Å². The maximum atomic E-state index is 12.8. The number of rotatable bonds is 18. The van der Waals surface area contributed by atoms with Gasteiger partial charge in [-0.05, 0) is 25.7 Å². The molecule has 0 aromatic heterocycles. The number of aliphatic carboxylic acids is 1. The van der Waals surface area contributed by atoms with E-state index in [2.05, 4.69) is 10.6 Å². The highest BCUT2D eigenvalue weighted by Gasteiger charge is 2.47. The lowest BCUT2D eigenvalue weighted by atomic mass is 10.0. The Morgan fingerprint density at radius 2 is 1.37 bits per heavy atom. The van der Waals surface area contributed by atoms with Gasteiger partial charge in [0.15, 0.2) is 0 Å². The van der Waals surface area contributed by atoms with Crippen LogP contribution < -0.4 is 10.6 Å². The van der Waals surface area contributed by atoms with E-state index in [1.165, 1.54) is 49.8 Å². The Morgan fingerprint density at radius 3 is 1.89 bits per heavy atom. The Balaban J connectivity index is 1.44. The van der Waals surface area contributed by atoms with Gasteiger partial charge < -0.3 is 25.4 Å². The third-order valence-electron chi connectivity index (χ3n) is 7.03. The van der Waals surface area contributed by atoms with E-state index >= 15 is 0 Å². The lowest BCUT2D eigenvalue weighted by Gasteiger charge is -2.35. The molecule has 2 fully saturated rings. The van der Waals surface area contributed by atoms with Gasteiger partial charge in [0.2, 0.25) is 17.7 Å². The van der Waals surface area contributed by atoms with Crippen molar-refractivity contribution in [3.8, 4) is 0 Å². The smallest absolute Gasteiger partial charge is 0.303 e. The van der Waals surface area contributed by atoms with Crippen LogP contribution in [0.4, 0.5) is 0 Å². The molecule has 0 saturated carbocycles. The van der Waals surface area contributed by atoms with Crippen LogP contribution in [0.2, 0.25) is 0 Å². The Morgan fingerprint density at radius 1 is 0.857 bits per heavy atom. The number of carboxylic acid groups (broad SMARTS) is 1. The summed E-state index contributed by atoms with van der Waals surface area (Å²) in [7, 11) is 1.54. The van der Waals surface area contributed by atoms with Crippen LogP contribution in [0, 0.1) is 0 Å². The van der Waals surface area contributed by atoms with E-state index in [1.807, 2.05) is 0 Å². The number of nitrogens with zero attached hydrogens (tertiary/aromatic N) is 1. The third kappa shape index (κ3) is 10.5. The van der Waals surface area contributed by atoms with Crippen molar-refractivity contribution in [3.63, 3.8) is 0 Å². The first-order chi connectivity index (χ1) is 16.9. The number of carbonyl (C=O) groups excluding carboxylic acids is 3. The zero-order chi connectivity index (χ0) is 25.5. The SMILES string of the molecule is CNC(=O)C1COC2CC[C@H](NC(=O)CCCCCCCCCCCCCCCC(=O)O)C(=O)N21. The first-order valence-electron chi connectivity index (χ1n) is 13.6. The molecule has 0 aromatic rings. The molecule has 2 unspecified atom stereocenters. The lowest BCUT2D eigenvalue weighted by molar-refractivity contribution is -0.150. The van der Waals surface area contributed by atoms with Gasteiger partial charge in [-0.25, -0.2) is 0 Å². The molecule has 2 aliphatic rings. The van der Waals surface area contributed by atoms with Crippen LogP contribution in [0.3, 0.4) is 0 Å². The van der Waals surface area contributed by atoms with Gasteiger partial charge >= 0.3 is 5.97 Å². The van der Waals surface area contributed by atoms with E-state index in [0.717, 1.165) is 38.5 Å². The summed E-state index contributed by atoms with van der Waals surface area (Å²) in [6, 6.07) is -1.19. The van der Waals surface area contributed by atoms with Crippen LogP contribution in [0.5, 0.6) is 0 Å². The molecule has 0 spiro atoms. The third-order valence-corrected chi connectivity index (χ3v) is 7.03. The van der Waals surface area contributed by atoms with Crippen LogP contribution in [0.1, 0.15) is 109 Å². The molecule has 2 rings (SSSR count). The van der Waals surface area contributed by atoms with Crippen molar-refractivity contribution >= 4 is 23.7 Å². The normalized spacial score (nSPS) is 21.6. The van der Waals surface area contributed by atoms with Crippen LogP contribution in [0.25, 0.3) is 0 Å². The number of carbonyl (C=O) groups is 4. The Hall–Kier alpha value is -2.16. The average Bonchev–Trinajstić information content (AvgIpc) is 3.27. The topological polar surface area (TPSA) is 125 Å². The minimum Gasteiger partial charge on any atom is -0.481 e. The molecule has 0 aromatic carbocycles. The van der Waals surface area contributed by atoms with E-state index in [4.69, 9.17) is 9.84 Å². The number of piperidine rings is 1. The van der Waals surface area contributed by atoms with Crippen molar-refractivity contribution in [2.75, 3.05) is 13.7 Å². The molecule has 35 heavy (non-hydrogen) atoms.